The van der Waals surface area contributed by atoms with Crippen LogP contribution in [0.25, 0.3) is 0 Å². The summed E-state index contributed by atoms with van der Waals surface area (Å²) in [5.41, 5.74) is 1.85. The number of nitrogens with zero attached hydrogens (tertiary/aromatic N) is 2. The highest BCUT2D eigenvalue weighted by atomic mass is 16.5. The van der Waals surface area contributed by atoms with Gasteiger partial charge in [0.2, 0.25) is 11.8 Å². The van der Waals surface area contributed by atoms with Gasteiger partial charge in [-0.3, -0.25) is 0 Å². The van der Waals surface area contributed by atoms with Crippen LogP contribution in [0.15, 0.2) is 0 Å². The van der Waals surface area contributed by atoms with Crippen molar-refractivity contribution >= 4 is 0 Å². The quantitative estimate of drug-likeness (QED) is 0.780. The van der Waals surface area contributed by atoms with Crippen LogP contribution < -0.4 is 9.47 Å². The molecule has 1 atom stereocenters. The molecule has 0 saturated heterocycles. The maximum absolute atomic E-state index is 5.32. The highest BCUT2D eigenvalue weighted by Crippen LogP contribution is 2.29. The lowest BCUT2D eigenvalue weighted by Crippen LogP contribution is -2.09. The molecule has 0 aromatic carbocycles. The average molecular weight is 252 g/mol. The van der Waals surface area contributed by atoms with E-state index in [2.05, 4.69) is 32.7 Å². The normalized spacial score (nSPS) is 12.6. The van der Waals surface area contributed by atoms with Crippen molar-refractivity contribution in [2.24, 2.45) is 5.92 Å². The first-order chi connectivity index (χ1) is 8.53. The van der Waals surface area contributed by atoms with E-state index in [4.69, 9.17) is 14.5 Å². The maximum Gasteiger partial charge on any atom is 0.238 e. The molecule has 0 radical (unpaired) electrons. The molecule has 0 saturated carbocycles. The summed E-state index contributed by atoms with van der Waals surface area (Å²) in [6, 6.07) is 0. The van der Waals surface area contributed by atoms with E-state index in [1.165, 1.54) is 0 Å². The van der Waals surface area contributed by atoms with Gasteiger partial charge in [0.15, 0.2) is 0 Å². The average Bonchev–Trinajstić information content (AvgIpc) is 2.36. The number of hydrogen-bond donors (Lipinski definition) is 0. The summed E-state index contributed by atoms with van der Waals surface area (Å²) in [5, 5.41) is 0. The second-order valence-corrected chi connectivity index (χ2v) is 4.98. The second-order valence-electron chi connectivity index (χ2n) is 4.98. The van der Waals surface area contributed by atoms with Crippen molar-refractivity contribution in [1.82, 2.24) is 9.97 Å². The lowest BCUT2D eigenvalue weighted by molar-refractivity contribution is 0.347. The van der Waals surface area contributed by atoms with E-state index >= 15 is 0 Å². The SMILES string of the molecule is CCC(C)c1nc(CC(C)C)c(OC)nc1OC. The van der Waals surface area contributed by atoms with Gasteiger partial charge in [0.05, 0.1) is 14.2 Å². The summed E-state index contributed by atoms with van der Waals surface area (Å²) < 4.78 is 10.6. The van der Waals surface area contributed by atoms with Crippen molar-refractivity contribution < 1.29 is 9.47 Å². The molecular weight excluding hydrogens is 228 g/mol. The first-order valence-corrected chi connectivity index (χ1v) is 6.52. The summed E-state index contributed by atoms with van der Waals surface area (Å²) in [5.74, 6) is 2.01. The monoisotopic (exact) mass is 252 g/mol. The van der Waals surface area contributed by atoms with E-state index in [0.29, 0.717) is 23.6 Å². The van der Waals surface area contributed by atoms with Crippen LogP contribution in [0.1, 0.15) is 51.4 Å². The van der Waals surface area contributed by atoms with Crippen molar-refractivity contribution in [2.45, 2.75) is 46.5 Å². The number of methoxy groups -OCH3 is 2. The molecule has 0 aliphatic rings. The van der Waals surface area contributed by atoms with E-state index in [1.54, 1.807) is 14.2 Å². The highest BCUT2D eigenvalue weighted by Gasteiger charge is 2.19. The molecule has 0 aliphatic heterocycles. The van der Waals surface area contributed by atoms with Gasteiger partial charge in [0, 0.05) is 5.92 Å². The van der Waals surface area contributed by atoms with Crippen LogP contribution in [0.5, 0.6) is 11.8 Å². The molecule has 0 N–H and O–H groups in total. The van der Waals surface area contributed by atoms with Gasteiger partial charge in [0.25, 0.3) is 0 Å². The fourth-order valence-corrected chi connectivity index (χ4v) is 1.80. The summed E-state index contributed by atoms with van der Waals surface area (Å²) in [6.45, 7) is 8.60. The number of ether oxygens (including phenoxy) is 2. The molecule has 0 spiro atoms. The minimum Gasteiger partial charge on any atom is -0.480 e. The van der Waals surface area contributed by atoms with Gasteiger partial charge < -0.3 is 9.47 Å². The van der Waals surface area contributed by atoms with Gasteiger partial charge in [-0.25, -0.2) is 4.98 Å². The fourth-order valence-electron chi connectivity index (χ4n) is 1.80. The highest BCUT2D eigenvalue weighted by molar-refractivity contribution is 5.31. The zero-order chi connectivity index (χ0) is 13.7. The van der Waals surface area contributed by atoms with Crippen molar-refractivity contribution in [3.63, 3.8) is 0 Å². The summed E-state index contributed by atoms with van der Waals surface area (Å²) in [4.78, 5) is 9.14. The molecule has 4 nitrogen and oxygen atoms in total. The maximum atomic E-state index is 5.32. The van der Waals surface area contributed by atoms with Crippen LogP contribution >= 0.6 is 0 Å². The Morgan fingerprint density at radius 1 is 1.00 bits per heavy atom. The van der Waals surface area contributed by atoms with E-state index in [9.17, 15) is 0 Å². The van der Waals surface area contributed by atoms with Crippen molar-refractivity contribution in [3.05, 3.63) is 11.4 Å². The van der Waals surface area contributed by atoms with Crippen LogP contribution in [0.2, 0.25) is 0 Å². The standard InChI is InChI=1S/C14H24N2O2/c1-7-10(4)12-14(18-6)16-13(17-5)11(15-12)8-9(2)3/h9-10H,7-8H2,1-6H3. The van der Waals surface area contributed by atoms with Gasteiger partial charge in [0.1, 0.15) is 11.4 Å². The Balaban J connectivity index is 3.24. The Morgan fingerprint density at radius 3 is 2.06 bits per heavy atom. The van der Waals surface area contributed by atoms with Crippen molar-refractivity contribution in [3.8, 4) is 11.8 Å². The van der Waals surface area contributed by atoms with Gasteiger partial charge in [-0.05, 0) is 18.8 Å². The summed E-state index contributed by atoms with van der Waals surface area (Å²) in [6.07, 6.45) is 1.88. The lowest BCUT2D eigenvalue weighted by atomic mass is 10.0. The zero-order valence-corrected chi connectivity index (χ0v) is 12.3. The third kappa shape index (κ3) is 3.34. The second kappa shape index (κ2) is 6.57. The van der Waals surface area contributed by atoms with E-state index in [0.717, 1.165) is 24.2 Å². The Morgan fingerprint density at radius 2 is 1.61 bits per heavy atom. The minimum absolute atomic E-state index is 0.337. The molecule has 0 fully saturated rings. The molecule has 1 rings (SSSR count). The largest absolute Gasteiger partial charge is 0.480 e. The number of aromatic nitrogens is 2. The Hall–Kier alpha value is -1.32. The Labute approximate surface area is 110 Å². The van der Waals surface area contributed by atoms with Crippen LogP contribution in [0, 0.1) is 5.92 Å². The van der Waals surface area contributed by atoms with Crippen LogP contribution in [-0.4, -0.2) is 24.2 Å². The van der Waals surface area contributed by atoms with Crippen LogP contribution in [0.4, 0.5) is 0 Å². The van der Waals surface area contributed by atoms with Crippen molar-refractivity contribution in [1.29, 1.82) is 0 Å². The van der Waals surface area contributed by atoms with Crippen LogP contribution in [0.3, 0.4) is 0 Å². The molecule has 0 bridgehead atoms. The van der Waals surface area contributed by atoms with E-state index < -0.39 is 0 Å². The number of hydrogen-bond acceptors (Lipinski definition) is 4. The lowest BCUT2D eigenvalue weighted by Gasteiger charge is -2.16. The predicted octanol–water partition coefficient (Wildman–Crippen LogP) is 3.21. The van der Waals surface area contributed by atoms with Gasteiger partial charge in [-0.15, -0.1) is 0 Å². The predicted molar refractivity (Wildman–Crippen MR) is 72.4 cm³/mol. The summed E-state index contributed by atoms with van der Waals surface area (Å²) >= 11 is 0. The zero-order valence-electron chi connectivity index (χ0n) is 12.3. The molecule has 1 heterocycles. The van der Waals surface area contributed by atoms with Gasteiger partial charge in [-0.1, -0.05) is 27.7 Å². The van der Waals surface area contributed by atoms with Gasteiger partial charge in [-0.2, -0.15) is 4.98 Å². The van der Waals surface area contributed by atoms with Crippen molar-refractivity contribution in [2.75, 3.05) is 14.2 Å². The first kappa shape index (κ1) is 14.7. The molecule has 0 amide bonds. The molecular formula is C14H24N2O2. The molecule has 18 heavy (non-hydrogen) atoms. The molecule has 4 heteroatoms. The molecule has 0 aliphatic carbocycles. The Bertz CT molecular complexity index is 392. The molecule has 1 unspecified atom stereocenters. The summed E-state index contributed by atoms with van der Waals surface area (Å²) in [7, 11) is 3.24. The van der Waals surface area contributed by atoms with E-state index in [-0.39, 0.29) is 0 Å². The third-order valence-electron chi connectivity index (χ3n) is 2.99. The number of rotatable bonds is 6. The fraction of sp³-hybridized carbons (Fsp3) is 0.714. The third-order valence-corrected chi connectivity index (χ3v) is 2.99. The smallest absolute Gasteiger partial charge is 0.238 e. The topological polar surface area (TPSA) is 44.2 Å². The molecule has 1 aromatic rings. The molecule has 1 aromatic heterocycles. The van der Waals surface area contributed by atoms with Crippen LogP contribution in [-0.2, 0) is 6.42 Å². The van der Waals surface area contributed by atoms with Gasteiger partial charge >= 0.3 is 0 Å². The first-order valence-electron chi connectivity index (χ1n) is 6.52. The molecule has 102 valence electrons. The Kier molecular flexibility index (Phi) is 5.38. The van der Waals surface area contributed by atoms with E-state index in [1.807, 2.05) is 0 Å². The minimum atomic E-state index is 0.337.